The third-order valence-corrected chi connectivity index (χ3v) is 5.72. The number of amides is 2. The van der Waals surface area contributed by atoms with Crippen LogP contribution in [0, 0.1) is 5.92 Å². The van der Waals surface area contributed by atoms with E-state index in [1.54, 1.807) is 11.9 Å². The summed E-state index contributed by atoms with van der Waals surface area (Å²) >= 11 is 0. The standard InChI is InChI=1S/C19H33N5O2.CH2O2/c1-3-18-21-17(22-26-18)14-23(2)19(25)20-12-15-8-7-11-24(13-15)16-9-5-4-6-10-16;2-1-3/h15-16H,3-14H2,1-2H3,(H,20,25);1H,(H,2,3). The molecule has 1 saturated carbocycles. The zero-order valence-corrected chi connectivity index (χ0v) is 17.7. The first-order chi connectivity index (χ1) is 14.1. The van der Waals surface area contributed by atoms with Crippen molar-refractivity contribution in [3.05, 3.63) is 11.7 Å². The van der Waals surface area contributed by atoms with Gasteiger partial charge in [-0.2, -0.15) is 4.98 Å². The van der Waals surface area contributed by atoms with Crippen molar-refractivity contribution in [1.82, 2.24) is 25.3 Å². The van der Waals surface area contributed by atoms with Crippen molar-refractivity contribution in [3.8, 4) is 0 Å². The van der Waals surface area contributed by atoms with Crippen molar-refractivity contribution in [1.29, 1.82) is 0 Å². The summed E-state index contributed by atoms with van der Waals surface area (Å²) in [7, 11) is 1.77. The summed E-state index contributed by atoms with van der Waals surface area (Å²) in [6.07, 6.45) is 10.0. The lowest BCUT2D eigenvalue weighted by atomic mass is 9.90. The van der Waals surface area contributed by atoms with E-state index in [4.69, 9.17) is 14.4 Å². The van der Waals surface area contributed by atoms with E-state index in [-0.39, 0.29) is 12.5 Å². The fraction of sp³-hybridized carbons (Fsp3) is 0.800. The Balaban J connectivity index is 0.000000941. The minimum Gasteiger partial charge on any atom is -0.483 e. The summed E-state index contributed by atoms with van der Waals surface area (Å²) in [5, 5.41) is 13.9. The van der Waals surface area contributed by atoms with Gasteiger partial charge in [0.15, 0.2) is 5.82 Å². The SMILES string of the molecule is CCc1nc(CN(C)C(=O)NCC2CCCN(C3CCCCC3)C2)no1.O=CO. The van der Waals surface area contributed by atoms with E-state index in [1.165, 1.54) is 51.5 Å². The van der Waals surface area contributed by atoms with Gasteiger partial charge in [-0.25, -0.2) is 4.79 Å². The predicted molar refractivity (Wildman–Crippen MR) is 108 cm³/mol. The molecule has 3 rings (SSSR count). The van der Waals surface area contributed by atoms with Crippen LogP contribution in [-0.4, -0.2) is 70.3 Å². The van der Waals surface area contributed by atoms with E-state index in [0.29, 0.717) is 30.6 Å². The van der Waals surface area contributed by atoms with E-state index >= 15 is 0 Å². The van der Waals surface area contributed by atoms with Crippen molar-refractivity contribution >= 4 is 12.5 Å². The lowest BCUT2D eigenvalue weighted by Gasteiger charge is -2.40. The van der Waals surface area contributed by atoms with Gasteiger partial charge in [-0.1, -0.05) is 31.3 Å². The highest BCUT2D eigenvalue weighted by molar-refractivity contribution is 5.73. The van der Waals surface area contributed by atoms with Crippen molar-refractivity contribution in [2.45, 2.75) is 70.9 Å². The molecule has 9 heteroatoms. The van der Waals surface area contributed by atoms with Gasteiger partial charge in [0.1, 0.15) is 0 Å². The first-order valence-corrected chi connectivity index (χ1v) is 10.7. The molecular formula is C20H35N5O4. The van der Waals surface area contributed by atoms with Gasteiger partial charge in [-0.15, -0.1) is 0 Å². The molecule has 2 N–H and O–H groups in total. The Labute approximate surface area is 172 Å². The maximum absolute atomic E-state index is 12.4. The van der Waals surface area contributed by atoms with Crippen LogP contribution in [0.3, 0.4) is 0 Å². The number of nitrogens with zero attached hydrogens (tertiary/aromatic N) is 4. The number of aromatic nitrogens is 2. The lowest BCUT2D eigenvalue weighted by Crippen LogP contribution is -2.47. The van der Waals surface area contributed by atoms with Gasteiger partial charge < -0.3 is 24.7 Å². The summed E-state index contributed by atoms with van der Waals surface area (Å²) in [6.45, 7) is 5.19. The van der Waals surface area contributed by atoms with E-state index in [1.807, 2.05) is 6.92 Å². The first-order valence-electron chi connectivity index (χ1n) is 10.7. The number of piperidine rings is 1. The lowest BCUT2D eigenvalue weighted by molar-refractivity contribution is -0.122. The van der Waals surface area contributed by atoms with Crippen LogP contribution in [0.15, 0.2) is 4.52 Å². The number of likely N-dealkylation sites (tertiary alicyclic amines) is 1. The maximum atomic E-state index is 12.4. The molecule has 2 fully saturated rings. The predicted octanol–water partition coefficient (Wildman–Crippen LogP) is 2.52. The fourth-order valence-corrected chi connectivity index (χ4v) is 4.19. The molecule has 1 aliphatic heterocycles. The number of carbonyl (C=O) groups excluding carboxylic acids is 1. The summed E-state index contributed by atoms with van der Waals surface area (Å²) in [5.74, 6) is 1.72. The van der Waals surface area contributed by atoms with Crippen LogP contribution in [-0.2, 0) is 17.8 Å². The molecule has 29 heavy (non-hydrogen) atoms. The van der Waals surface area contributed by atoms with E-state index in [9.17, 15) is 4.79 Å². The minimum absolute atomic E-state index is 0.0670. The summed E-state index contributed by atoms with van der Waals surface area (Å²) in [4.78, 5) is 29.3. The smallest absolute Gasteiger partial charge is 0.317 e. The molecule has 1 aromatic rings. The minimum atomic E-state index is -0.250. The molecule has 0 bridgehead atoms. The molecule has 9 nitrogen and oxygen atoms in total. The van der Waals surface area contributed by atoms with E-state index in [2.05, 4.69) is 20.4 Å². The second-order valence-corrected chi connectivity index (χ2v) is 7.90. The molecule has 1 aromatic heterocycles. The number of hydrogen-bond acceptors (Lipinski definition) is 6. The molecular weight excluding hydrogens is 374 g/mol. The van der Waals surface area contributed by atoms with Gasteiger partial charge in [0.25, 0.3) is 6.47 Å². The average Bonchev–Trinajstić information content (AvgIpc) is 3.21. The number of urea groups is 1. The molecule has 1 saturated heterocycles. The van der Waals surface area contributed by atoms with Gasteiger partial charge in [0.2, 0.25) is 5.89 Å². The van der Waals surface area contributed by atoms with Crippen molar-refractivity contribution in [3.63, 3.8) is 0 Å². The molecule has 0 aromatic carbocycles. The molecule has 1 unspecified atom stereocenters. The highest BCUT2D eigenvalue weighted by Crippen LogP contribution is 2.26. The Morgan fingerprint density at radius 3 is 2.69 bits per heavy atom. The Morgan fingerprint density at radius 1 is 1.31 bits per heavy atom. The quantitative estimate of drug-likeness (QED) is 0.694. The van der Waals surface area contributed by atoms with Crippen LogP contribution >= 0.6 is 0 Å². The number of carboxylic acid groups (broad SMARTS) is 1. The number of carbonyl (C=O) groups is 2. The third-order valence-electron chi connectivity index (χ3n) is 5.72. The summed E-state index contributed by atoms with van der Waals surface area (Å²) < 4.78 is 5.09. The highest BCUT2D eigenvalue weighted by atomic mass is 16.5. The van der Waals surface area contributed by atoms with Gasteiger partial charge in [0.05, 0.1) is 6.54 Å². The number of hydrogen-bond donors (Lipinski definition) is 2. The normalized spacial score (nSPS) is 20.4. The molecule has 0 spiro atoms. The monoisotopic (exact) mass is 409 g/mol. The molecule has 2 heterocycles. The molecule has 0 radical (unpaired) electrons. The Bertz CT molecular complexity index is 618. The van der Waals surface area contributed by atoms with Crippen molar-refractivity contribution in [2.75, 3.05) is 26.7 Å². The van der Waals surface area contributed by atoms with Gasteiger partial charge in [0, 0.05) is 32.6 Å². The summed E-state index contributed by atoms with van der Waals surface area (Å²) in [6, 6.07) is 0.707. The summed E-state index contributed by atoms with van der Waals surface area (Å²) in [5.41, 5.74) is 0. The molecule has 164 valence electrons. The number of nitrogens with one attached hydrogen (secondary N) is 1. The zero-order chi connectivity index (χ0) is 21.1. The Kier molecular flexibility index (Phi) is 9.90. The van der Waals surface area contributed by atoms with Crippen LogP contribution in [0.5, 0.6) is 0 Å². The van der Waals surface area contributed by atoms with Gasteiger partial charge >= 0.3 is 6.03 Å². The van der Waals surface area contributed by atoms with Crippen LogP contribution in [0.1, 0.15) is 63.6 Å². The van der Waals surface area contributed by atoms with E-state index in [0.717, 1.165) is 19.1 Å². The maximum Gasteiger partial charge on any atom is 0.317 e. The van der Waals surface area contributed by atoms with Crippen LogP contribution in [0.2, 0.25) is 0 Å². The Morgan fingerprint density at radius 2 is 2.03 bits per heavy atom. The average molecular weight is 410 g/mol. The number of rotatable bonds is 6. The molecule has 2 aliphatic rings. The molecule has 1 atom stereocenters. The highest BCUT2D eigenvalue weighted by Gasteiger charge is 2.27. The van der Waals surface area contributed by atoms with Crippen molar-refractivity contribution < 1.29 is 19.2 Å². The van der Waals surface area contributed by atoms with Crippen LogP contribution < -0.4 is 5.32 Å². The first kappa shape index (κ1) is 23.1. The van der Waals surface area contributed by atoms with Gasteiger partial charge in [-0.05, 0) is 38.1 Å². The van der Waals surface area contributed by atoms with E-state index < -0.39 is 0 Å². The fourth-order valence-electron chi connectivity index (χ4n) is 4.19. The van der Waals surface area contributed by atoms with Crippen LogP contribution in [0.4, 0.5) is 4.79 Å². The molecule has 2 amide bonds. The van der Waals surface area contributed by atoms with Crippen molar-refractivity contribution in [2.24, 2.45) is 5.92 Å². The zero-order valence-electron chi connectivity index (χ0n) is 17.7. The number of aryl methyl sites for hydroxylation is 1. The second-order valence-electron chi connectivity index (χ2n) is 7.90. The third kappa shape index (κ3) is 7.64. The van der Waals surface area contributed by atoms with Gasteiger partial charge in [-0.3, -0.25) is 4.79 Å². The molecule has 1 aliphatic carbocycles. The van der Waals surface area contributed by atoms with Crippen LogP contribution in [0.25, 0.3) is 0 Å². The largest absolute Gasteiger partial charge is 0.483 e. The topological polar surface area (TPSA) is 112 Å². The second kappa shape index (κ2) is 12.4. The Hall–Kier alpha value is -2.16.